The van der Waals surface area contributed by atoms with Gasteiger partial charge in [-0.05, 0) is 24.5 Å². The number of nitriles is 1. The molecule has 2 rings (SSSR count). The van der Waals surface area contributed by atoms with Crippen molar-refractivity contribution in [1.29, 1.82) is 5.26 Å². The SMILES string of the molecule is C[C@H]1CC1S(=O)(=O)Nc1cc(C#N)cc(F)c1F. The zero-order chi connectivity index (χ0) is 13.5. The van der Waals surface area contributed by atoms with E-state index in [1.165, 1.54) is 0 Å². The predicted octanol–water partition coefficient (Wildman–Crippen LogP) is 1.99. The van der Waals surface area contributed by atoms with Gasteiger partial charge in [-0.25, -0.2) is 17.2 Å². The largest absolute Gasteiger partial charge is 0.280 e. The smallest absolute Gasteiger partial charge is 0.235 e. The average Bonchev–Trinajstić information content (AvgIpc) is 3.02. The van der Waals surface area contributed by atoms with E-state index in [2.05, 4.69) is 0 Å². The molecule has 0 saturated heterocycles. The topological polar surface area (TPSA) is 70.0 Å². The molecule has 2 atom stereocenters. The monoisotopic (exact) mass is 272 g/mol. The van der Waals surface area contributed by atoms with Crippen molar-refractivity contribution in [2.24, 2.45) is 5.92 Å². The van der Waals surface area contributed by atoms with Gasteiger partial charge in [-0.3, -0.25) is 4.72 Å². The molecule has 0 spiro atoms. The molecule has 1 aromatic carbocycles. The first kappa shape index (κ1) is 12.8. The molecule has 0 aromatic heterocycles. The standard InChI is InChI=1S/C11H10F2N2O2S/c1-6-2-10(6)18(16,17)15-9-4-7(5-14)3-8(12)11(9)13/h3-4,6,10,15H,2H2,1H3/t6-,10?/m0/s1. The second kappa shape index (κ2) is 4.21. The summed E-state index contributed by atoms with van der Waals surface area (Å²) >= 11 is 0. The highest BCUT2D eigenvalue weighted by molar-refractivity contribution is 7.93. The van der Waals surface area contributed by atoms with Crippen LogP contribution in [-0.2, 0) is 10.0 Å². The van der Waals surface area contributed by atoms with E-state index in [4.69, 9.17) is 5.26 Å². The fourth-order valence-corrected chi connectivity index (χ4v) is 3.45. The number of nitrogens with zero attached hydrogens (tertiary/aromatic N) is 1. The second-order valence-electron chi connectivity index (χ2n) is 4.33. The normalized spacial score (nSPS) is 22.3. The third kappa shape index (κ3) is 2.29. The van der Waals surface area contributed by atoms with Crippen LogP contribution in [0.2, 0.25) is 0 Å². The predicted molar refractivity (Wildman–Crippen MR) is 61.2 cm³/mol. The van der Waals surface area contributed by atoms with Gasteiger partial charge in [-0.2, -0.15) is 5.26 Å². The molecule has 1 aliphatic carbocycles. The van der Waals surface area contributed by atoms with Crippen molar-refractivity contribution in [1.82, 2.24) is 0 Å². The minimum atomic E-state index is -3.72. The molecule has 0 bridgehead atoms. The Bertz CT molecular complexity index is 637. The van der Waals surface area contributed by atoms with Crippen LogP contribution in [-0.4, -0.2) is 13.7 Å². The van der Waals surface area contributed by atoms with Crippen LogP contribution in [0.3, 0.4) is 0 Å². The number of anilines is 1. The molecule has 1 N–H and O–H groups in total. The Morgan fingerprint density at radius 1 is 1.44 bits per heavy atom. The average molecular weight is 272 g/mol. The summed E-state index contributed by atoms with van der Waals surface area (Å²) in [6.07, 6.45) is 0.497. The van der Waals surface area contributed by atoms with Crippen LogP contribution in [0.15, 0.2) is 12.1 Å². The van der Waals surface area contributed by atoms with Gasteiger partial charge < -0.3 is 0 Å². The first-order valence-electron chi connectivity index (χ1n) is 5.26. The van der Waals surface area contributed by atoms with Crippen molar-refractivity contribution >= 4 is 15.7 Å². The van der Waals surface area contributed by atoms with Crippen LogP contribution >= 0.6 is 0 Å². The zero-order valence-electron chi connectivity index (χ0n) is 9.44. The first-order valence-corrected chi connectivity index (χ1v) is 6.80. The summed E-state index contributed by atoms with van der Waals surface area (Å²) < 4.78 is 52.1. The maximum Gasteiger partial charge on any atom is 0.235 e. The number of hydrogen-bond donors (Lipinski definition) is 1. The number of hydrogen-bond acceptors (Lipinski definition) is 3. The summed E-state index contributed by atoms with van der Waals surface area (Å²) in [5, 5.41) is 8.04. The lowest BCUT2D eigenvalue weighted by atomic mass is 10.2. The molecular formula is C11H10F2N2O2S. The lowest BCUT2D eigenvalue weighted by Gasteiger charge is -2.09. The van der Waals surface area contributed by atoms with Crippen molar-refractivity contribution in [3.8, 4) is 6.07 Å². The Kier molecular flexibility index (Phi) is 2.99. The molecule has 0 aliphatic heterocycles. The lowest BCUT2D eigenvalue weighted by molar-refractivity contribution is 0.511. The molecule has 96 valence electrons. The second-order valence-corrected chi connectivity index (χ2v) is 6.23. The number of halogens is 2. The highest BCUT2D eigenvalue weighted by Crippen LogP contribution is 2.37. The molecule has 0 amide bonds. The fraction of sp³-hybridized carbons (Fsp3) is 0.364. The summed E-state index contributed by atoms with van der Waals surface area (Å²) in [5.74, 6) is -2.55. The van der Waals surface area contributed by atoms with Crippen LogP contribution in [0.25, 0.3) is 0 Å². The van der Waals surface area contributed by atoms with E-state index >= 15 is 0 Å². The highest BCUT2D eigenvalue weighted by atomic mass is 32.2. The Balaban J connectivity index is 2.35. The summed E-state index contributed by atoms with van der Waals surface area (Å²) in [6.45, 7) is 1.76. The van der Waals surface area contributed by atoms with Crippen LogP contribution in [0, 0.1) is 28.9 Å². The first-order chi connectivity index (χ1) is 8.35. The molecule has 1 saturated carbocycles. The van der Waals surface area contributed by atoms with Gasteiger partial charge in [0.1, 0.15) is 0 Å². The fourth-order valence-electron chi connectivity index (χ4n) is 1.68. The van der Waals surface area contributed by atoms with Crippen molar-refractivity contribution < 1.29 is 17.2 Å². The number of nitrogens with one attached hydrogen (secondary N) is 1. The van der Waals surface area contributed by atoms with Gasteiger partial charge in [-0.15, -0.1) is 0 Å². The molecule has 4 nitrogen and oxygen atoms in total. The van der Waals surface area contributed by atoms with E-state index in [1.54, 1.807) is 13.0 Å². The summed E-state index contributed by atoms with van der Waals surface area (Å²) in [7, 11) is -3.72. The molecule has 7 heteroatoms. The van der Waals surface area contributed by atoms with Gasteiger partial charge in [0.05, 0.1) is 22.6 Å². The minimum Gasteiger partial charge on any atom is -0.280 e. The van der Waals surface area contributed by atoms with Gasteiger partial charge in [0.2, 0.25) is 10.0 Å². The zero-order valence-corrected chi connectivity index (χ0v) is 10.3. The Morgan fingerprint density at radius 2 is 2.06 bits per heavy atom. The Hall–Kier alpha value is -1.68. The van der Waals surface area contributed by atoms with Gasteiger partial charge in [0, 0.05) is 0 Å². The van der Waals surface area contributed by atoms with E-state index in [-0.39, 0.29) is 11.5 Å². The van der Waals surface area contributed by atoms with Crippen LogP contribution in [0.4, 0.5) is 14.5 Å². The molecule has 0 heterocycles. The minimum absolute atomic E-state index is 0.00885. The molecule has 0 radical (unpaired) electrons. The Labute approximate surface area is 103 Å². The third-order valence-corrected chi connectivity index (χ3v) is 4.80. The van der Waals surface area contributed by atoms with Gasteiger partial charge >= 0.3 is 0 Å². The summed E-state index contributed by atoms with van der Waals surface area (Å²) in [4.78, 5) is 0. The van der Waals surface area contributed by atoms with E-state index in [9.17, 15) is 17.2 Å². The van der Waals surface area contributed by atoms with Crippen molar-refractivity contribution in [2.45, 2.75) is 18.6 Å². The third-order valence-electron chi connectivity index (χ3n) is 2.84. The maximum atomic E-state index is 13.4. The number of rotatable bonds is 3. The van der Waals surface area contributed by atoms with Crippen molar-refractivity contribution in [2.75, 3.05) is 4.72 Å². The highest BCUT2D eigenvalue weighted by Gasteiger charge is 2.44. The van der Waals surface area contributed by atoms with E-state index < -0.39 is 32.6 Å². The quantitative estimate of drug-likeness (QED) is 0.914. The molecular weight excluding hydrogens is 262 g/mol. The van der Waals surface area contributed by atoms with Crippen LogP contribution in [0.1, 0.15) is 18.9 Å². The maximum absolute atomic E-state index is 13.4. The lowest BCUT2D eigenvalue weighted by Crippen LogP contribution is -2.19. The van der Waals surface area contributed by atoms with Crippen molar-refractivity contribution in [3.63, 3.8) is 0 Å². The molecule has 1 unspecified atom stereocenters. The number of benzene rings is 1. The molecule has 18 heavy (non-hydrogen) atoms. The van der Waals surface area contributed by atoms with E-state index in [0.29, 0.717) is 12.5 Å². The van der Waals surface area contributed by atoms with Crippen LogP contribution in [0.5, 0.6) is 0 Å². The van der Waals surface area contributed by atoms with Gasteiger partial charge in [-0.1, -0.05) is 6.92 Å². The van der Waals surface area contributed by atoms with E-state index in [1.807, 2.05) is 4.72 Å². The van der Waals surface area contributed by atoms with Crippen molar-refractivity contribution in [3.05, 3.63) is 29.3 Å². The van der Waals surface area contributed by atoms with E-state index in [0.717, 1.165) is 6.07 Å². The van der Waals surface area contributed by atoms with Crippen LogP contribution < -0.4 is 4.72 Å². The number of sulfonamides is 1. The molecule has 1 aromatic rings. The Morgan fingerprint density at radius 3 is 2.56 bits per heavy atom. The summed E-state index contributed by atoms with van der Waals surface area (Å²) in [6, 6.07) is 3.32. The van der Waals surface area contributed by atoms with Gasteiger partial charge in [0.25, 0.3) is 0 Å². The molecule has 1 aliphatic rings. The van der Waals surface area contributed by atoms with Gasteiger partial charge in [0.15, 0.2) is 11.6 Å². The summed E-state index contributed by atoms with van der Waals surface area (Å²) in [5.41, 5.74) is -0.666. The molecule has 1 fully saturated rings.